The fourth-order valence-corrected chi connectivity index (χ4v) is 3.76. The second kappa shape index (κ2) is 9.73. The Bertz CT molecular complexity index is 919. The van der Waals surface area contributed by atoms with E-state index in [0.29, 0.717) is 24.6 Å². The number of rotatable bonds is 6. The molecule has 0 aromatic heterocycles. The van der Waals surface area contributed by atoms with E-state index in [1.54, 1.807) is 49.3 Å². The Balaban J connectivity index is 1.84. The van der Waals surface area contributed by atoms with Crippen molar-refractivity contribution in [3.63, 3.8) is 0 Å². The molecule has 3 rings (SSSR count). The molecule has 0 spiro atoms. The van der Waals surface area contributed by atoms with Gasteiger partial charge in [0.1, 0.15) is 5.82 Å². The van der Waals surface area contributed by atoms with Gasteiger partial charge in [-0.3, -0.25) is 9.69 Å². The van der Waals surface area contributed by atoms with E-state index in [9.17, 15) is 14.0 Å². The standard InChI is InChI=1S/C21H26BFN4O3/c1-14-6-7-16(13-19(14)20(24)28)25-21(29)27(18-5-3-4-15(23)12-18)17-8-10-26(11-9-17)22-30-2/h3-7,12-13,17,22H,8-11H2,1-2H3,(H2,24,28)(H,25,29). The van der Waals surface area contributed by atoms with Gasteiger partial charge in [0.15, 0.2) is 0 Å². The van der Waals surface area contributed by atoms with Gasteiger partial charge in [0.05, 0.1) is 0 Å². The number of carbonyl (C=O) groups excluding carboxylic acids is 2. The second-order valence-corrected chi connectivity index (χ2v) is 7.44. The van der Waals surface area contributed by atoms with Gasteiger partial charge in [-0.1, -0.05) is 12.1 Å². The molecule has 30 heavy (non-hydrogen) atoms. The van der Waals surface area contributed by atoms with Crippen molar-refractivity contribution in [3.8, 4) is 0 Å². The number of aryl methyl sites for hydroxylation is 1. The fourth-order valence-electron chi connectivity index (χ4n) is 3.76. The summed E-state index contributed by atoms with van der Waals surface area (Å²) < 4.78 is 19.1. The first kappa shape index (κ1) is 21.8. The normalized spacial score (nSPS) is 14.9. The number of primary amides is 1. The van der Waals surface area contributed by atoms with Crippen LogP contribution in [0.4, 0.5) is 20.6 Å². The third-order valence-corrected chi connectivity index (χ3v) is 5.29. The Kier molecular flexibility index (Phi) is 7.07. The van der Waals surface area contributed by atoms with Crippen LogP contribution in [0.15, 0.2) is 42.5 Å². The van der Waals surface area contributed by atoms with E-state index < -0.39 is 11.7 Å². The van der Waals surface area contributed by atoms with E-state index in [1.165, 1.54) is 12.1 Å². The molecule has 7 nitrogen and oxygen atoms in total. The Hall–Kier alpha value is -2.91. The maximum atomic E-state index is 13.9. The monoisotopic (exact) mass is 412 g/mol. The van der Waals surface area contributed by atoms with Gasteiger partial charge in [-0.05, 0) is 68.8 Å². The largest absolute Gasteiger partial charge is 0.427 e. The molecule has 1 aliphatic heterocycles. The van der Waals surface area contributed by atoms with Crippen molar-refractivity contribution in [3.05, 3.63) is 59.4 Å². The molecule has 0 saturated carbocycles. The SMILES string of the molecule is COBN1CCC(N(C(=O)Nc2ccc(C)c(C(N)=O)c2)c2cccc(F)c2)CC1. The van der Waals surface area contributed by atoms with Gasteiger partial charge in [0.25, 0.3) is 0 Å². The summed E-state index contributed by atoms with van der Waals surface area (Å²) in [5.41, 5.74) is 7.43. The van der Waals surface area contributed by atoms with Crippen LogP contribution in [0.5, 0.6) is 0 Å². The first-order valence-corrected chi connectivity index (χ1v) is 9.86. The highest BCUT2D eigenvalue weighted by Crippen LogP contribution is 2.26. The van der Waals surface area contributed by atoms with E-state index >= 15 is 0 Å². The number of anilines is 2. The summed E-state index contributed by atoms with van der Waals surface area (Å²) in [4.78, 5) is 28.6. The second-order valence-electron chi connectivity index (χ2n) is 7.44. The average Bonchev–Trinajstić information content (AvgIpc) is 2.71. The van der Waals surface area contributed by atoms with Gasteiger partial charge < -0.3 is 20.5 Å². The number of carbonyl (C=O) groups is 2. The number of nitrogens with two attached hydrogens (primary N) is 1. The molecule has 2 aromatic rings. The molecule has 1 saturated heterocycles. The first-order valence-electron chi connectivity index (χ1n) is 9.86. The van der Waals surface area contributed by atoms with Crippen LogP contribution in [0.2, 0.25) is 0 Å². The Morgan fingerprint density at radius 2 is 1.97 bits per heavy atom. The number of nitrogens with one attached hydrogen (secondary N) is 1. The summed E-state index contributed by atoms with van der Waals surface area (Å²) in [7, 11) is 2.19. The lowest BCUT2D eigenvalue weighted by molar-refractivity contribution is 0.0999. The topological polar surface area (TPSA) is 87.9 Å². The van der Waals surface area contributed by atoms with E-state index in [4.69, 9.17) is 10.4 Å². The summed E-state index contributed by atoms with van der Waals surface area (Å²) >= 11 is 0. The smallest absolute Gasteiger partial charge is 0.363 e. The van der Waals surface area contributed by atoms with Crippen LogP contribution in [0.3, 0.4) is 0 Å². The lowest BCUT2D eigenvalue weighted by Crippen LogP contribution is -2.50. The number of benzene rings is 2. The first-order chi connectivity index (χ1) is 14.4. The zero-order valence-corrected chi connectivity index (χ0v) is 17.2. The van der Waals surface area contributed by atoms with Crippen molar-refractivity contribution in [2.24, 2.45) is 5.73 Å². The molecule has 1 fully saturated rings. The molecule has 158 valence electrons. The maximum Gasteiger partial charge on any atom is 0.363 e. The molecule has 0 radical (unpaired) electrons. The highest BCUT2D eigenvalue weighted by Gasteiger charge is 2.30. The molecular formula is C21H26BFN4O3. The van der Waals surface area contributed by atoms with Crippen molar-refractivity contribution >= 4 is 30.9 Å². The third-order valence-electron chi connectivity index (χ3n) is 5.29. The molecule has 1 heterocycles. The minimum Gasteiger partial charge on any atom is -0.427 e. The van der Waals surface area contributed by atoms with Crippen LogP contribution >= 0.6 is 0 Å². The summed E-state index contributed by atoms with van der Waals surface area (Å²) in [6.07, 6.45) is 1.46. The zero-order chi connectivity index (χ0) is 21.7. The molecule has 0 unspecified atom stereocenters. The van der Waals surface area contributed by atoms with Gasteiger partial charge in [-0.2, -0.15) is 0 Å². The molecule has 9 heteroatoms. The summed E-state index contributed by atoms with van der Waals surface area (Å²) in [5.74, 6) is -0.968. The molecule has 0 aliphatic carbocycles. The van der Waals surface area contributed by atoms with Crippen molar-refractivity contribution in [1.29, 1.82) is 0 Å². The number of amides is 3. The highest BCUT2D eigenvalue weighted by atomic mass is 19.1. The summed E-state index contributed by atoms with van der Waals surface area (Å²) in [6, 6.07) is 10.5. The number of piperidine rings is 1. The van der Waals surface area contributed by atoms with Crippen molar-refractivity contribution < 1.29 is 18.6 Å². The Morgan fingerprint density at radius 1 is 1.23 bits per heavy atom. The number of urea groups is 1. The van der Waals surface area contributed by atoms with E-state index in [1.807, 2.05) is 0 Å². The predicted octanol–water partition coefficient (Wildman–Crippen LogP) is 2.65. The van der Waals surface area contributed by atoms with Crippen molar-refractivity contribution in [2.45, 2.75) is 25.8 Å². The minimum absolute atomic E-state index is 0.0963. The number of halogens is 1. The van der Waals surface area contributed by atoms with Crippen molar-refractivity contribution in [2.75, 3.05) is 30.4 Å². The number of hydrogen-bond donors (Lipinski definition) is 2. The maximum absolute atomic E-state index is 13.9. The quantitative estimate of drug-likeness (QED) is 0.715. The molecule has 3 N–H and O–H groups in total. The van der Waals surface area contributed by atoms with Crippen LogP contribution in [-0.2, 0) is 4.65 Å². The van der Waals surface area contributed by atoms with Gasteiger partial charge in [0, 0.05) is 30.1 Å². The minimum atomic E-state index is -0.559. The van der Waals surface area contributed by atoms with Crippen LogP contribution < -0.4 is 16.0 Å². The van der Waals surface area contributed by atoms with Crippen LogP contribution in [0.25, 0.3) is 0 Å². The van der Waals surface area contributed by atoms with Crippen molar-refractivity contribution in [1.82, 2.24) is 4.81 Å². The van der Waals surface area contributed by atoms with E-state index in [0.717, 1.165) is 31.5 Å². The van der Waals surface area contributed by atoms with Gasteiger partial charge in [0.2, 0.25) is 5.91 Å². The molecule has 0 bridgehead atoms. The van der Waals surface area contributed by atoms with Gasteiger partial charge in [-0.25, -0.2) is 9.18 Å². The van der Waals surface area contributed by atoms with Gasteiger partial charge in [-0.15, -0.1) is 0 Å². The van der Waals surface area contributed by atoms with E-state index in [2.05, 4.69) is 10.1 Å². The van der Waals surface area contributed by atoms with Gasteiger partial charge >= 0.3 is 13.6 Å². The predicted molar refractivity (Wildman–Crippen MR) is 116 cm³/mol. The number of nitrogens with zero attached hydrogens (tertiary/aromatic N) is 2. The molecule has 2 aromatic carbocycles. The Labute approximate surface area is 176 Å². The summed E-state index contributed by atoms with van der Waals surface area (Å²) in [6.45, 7) is 3.32. The zero-order valence-electron chi connectivity index (χ0n) is 17.2. The van der Waals surface area contributed by atoms with Crippen LogP contribution in [-0.4, -0.2) is 50.6 Å². The van der Waals surface area contributed by atoms with Crippen LogP contribution in [0, 0.1) is 12.7 Å². The fraction of sp³-hybridized carbons (Fsp3) is 0.333. The lowest BCUT2D eigenvalue weighted by Gasteiger charge is -2.38. The third kappa shape index (κ3) is 5.17. The average molecular weight is 412 g/mol. The van der Waals surface area contributed by atoms with Crippen LogP contribution in [0.1, 0.15) is 28.8 Å². The number of hydrogen-bond acceptors (Lipinski definition) is 4. The summed E-state index contributed by atoms with van der Waals surface area (Å²) in [5, 5.41) is 2.83. The molecular weight excluding hydrogens is 386 g/mol. The highest BCUT2D eigenvalue weighted by molar-refractivity contribution is 6.23. The molecule has 0 atom stereocenters. The van der Waals surface area contributed by atoms with E-state index in [-0.39, 0.29) is 12.1 Å². The lowest BCUT2D eigenvalue weighted by atomic mass is 9.98. The molecule has 3 amide bonds. The molecule has 1 aliphatic rings. The Morgan fingerprint density at radius 3 is 2.60 bits per heavy atom.